The lowest BCUT2D eigenvalue weighted by Gasteiger charge is -2.12. The first-order valence-electron chi connectivity index (χ1n) is 8.91. The third-order valence-electron chi connectivity index (χ3n) is 4.62. The zero-order valence-corrected chi connectivity index (χ0v) is 18.8. The van der Waals surface area contributed by atoms with E-state index in [1.807, 2.05) is 44.4 Å². The Morgan fingerprint density at radius 2 is 1.43 bits per heavy atom. The van der Waals surface area contributed by atoms with Crippen molar-refractivity contribution in [2.75, 3.05) is 19.0 Å². The van der Waals surface area contributed by atoms with Gasteiger partial charge in [-0.1, -0.05) is 62.2 Å². The Balaban J connectivity index is 1.86. The van der Waals surface area contributed by atoms with Crippen molar-refractivity contribution >= 4 is 37.5 Å². The van der Waals surface area contributed by atoms with Gasteiger partial charge >= 0.3 is 0 Å². The summed E-state index contributed by atoms with van der Waals surface area (Å²) in [4.78, 5) is 10.6. The molecule has 0 amide bonds. The summed E-state index contributed by atoms with van der Waals surface area (Å²) in [5.74, 6) is 0.856. The lowest BCUT2D eigenvalue weighted by Crippen LogP contribution is -2.07. The lowest BCUT2D eigenvalue weighted by atomic mass is 10.1. The Hall–Kier alpha value is -2.37. The van der Waals surface area contributed by atoms with Crippen LogP contribution in [0, 0.1) is 0 Å². The number of nitrogens with one attached hydrogen (secondary N) is 1. The van der Waals surface area contributed by atoms with E-state index < -0.39 is 0 Å². The van der Waals surface area contributed by atoms with Crippen molar-refractivity contribution in [3.8, 4) is 33.9 Å². The molecular formula is C23H19Br2N3. The third-order valence-corrected chi connectivity index (χ3v) is 5.84. The molecule has 0 saturated carbocycles. The maximum atomic E-state index is 4.97. The van der Waals surface area contributed by atoms with Crippen molar-refractivity contribution in [1.29, 1.82) is 0 Å². The molecule has 3 aromatic carbocycles. The fourth-order valence-electron chi connectivity index (χ4n) is 3.10. The highest BCUT2D eigenvalue weighted by atomic mass is 79.9. The van der Waals surface area contributed by atoms with E-state index in [9.17, 15) is 0 Å². The van der Waals surface area contributed by atoms with Crippen molar-refractivity contribution in [3.63, 3.8) is 0 Å². The van der Waals surface area contributed by atoms with Gasteiger partial charge in [-0.3, -0.25) is 0 Å². The molecule has 4 rings (SSSR count). The minimum Gasteiger partial charge on any atom is -0.378 e. The van der Waals surface area contributed by atoms with Crippen LogP contribution in [0.25, 0.3) is 33.9 Å². The molecular weight excluding hydrogens is 478 g/mol. The van der Waals surface area contributed by atoms with E-state index in [1.54, 1.807) is 0 Å². The predicted molar refractivity (Wildman–Crippen MR) is 125 cm³/mol. The molecule has 1 aromatic heterocycles. The van der Waals surface area contributed by atoms with Gasteiger partial charge in [-0.15, -0.1) is 0 Å². The summed E-state index contributed by atoms with van der Waals surface area (Å²) in [6, 6.07) is 24.9. The van der Waals surface area contributed by atoms with Crippen molar-refractivity contribution in [1.82, 2.24) is 9.97 Å². The Morgan fingerprint density at radius 1 is 0.786 bits per heavy atom. The number of aromatic amines is 1. The molecule has 3 nitrogen and oxygen atoms in total. The van der Waals surface area contributed by atoms with Crippen molar-refractivity contribution in [3.05, 3.63) is 81.7 Å². The summed E-state index contributed by atoms with van der Waals surface area (Å²) in [5, 5.41) is 0. The molecule has 0 radical (unpaired) electrons. The van der Waals surface area contributed by atoms with Crippen LogP contribution in [0.4, 0.5) is 5.69 Å². The minimum absolute atomic E-state index is 0.856. The number of anilines is 1. The third kappa shape index (κ3) is 3.77. The Labute approximate surface area is 181 Å². The first-order valence-corrected chi connectivity index (χ1v) is 10.5. The average Bonchev–Trinajstić information content (AvgIpc) is 3.14. The summed E-state index contributed by atoms with van der Waals surface area (Å²) in [6.45, 7) is 0. The minimum atomic E-state index is 0.856. The van der Waals surface area contributed by atoms with Crippen LogP contribution in [0.3, 0.4) is 0 Å². The molecule has 1 N–H and O–H groups in total. The van der Waals surface area contributed by atoms with Crippen molar-refractivity contribution in [2.24, 2.45) is 0 Å². The van der Waals surface area contributed by atoms with Crippen LogP contribution in [-0.4, -0.2) is 24.1 Å². The van der Waals surface area contributed by atoms with Crippen LogP contribution in [0.1, 0.15) is 0 Å². The van der Waals surface area contributed by atoms with Gasteiger partial charge in [-0.2, -0.15) is 0 Å². The van der Waals surface area contributed by atoms with Crippen molar-refractivity contribution < 1.29 is 0 Å². The second-order valence-corrected chi connectivity index (χ2v) is 8.51. The number of halogens is 2. The summed E-state index contributed by atoms with van der Waals surface area (Å²) in [6.07, 6.45) is 0. The van der Waals surface area contributed by atoms with E-state index in [-0.39, 0.29) is 0 Å². The van der Waals surface area contributed by atoms with E-state index >= 15 is 0 Å². The van der Waals surface area contributed by atoms with E-state index in [0.29, 0.717) is 0 Å². The number of aromatic nitrogens is 2. The van der Waals surface area contributed by atoms with Gasteiger partial charge in [0.15, 0.2) is 0 Å². The maximum Gasteiger partial charge on any atom is 0.138 e. The first-order chi connectivity index (χ1) is 13.5. The Bertz CT molecular complexity index is 1100. The van der Waals surface area contributed by atoms with E-state index in [4.69, 9.17) is 4.98 Å². The average molecular weight is 497 g/mol. The van der Waals surface area contributed by atoms with E-state index in [2.05, 4.69) is 84.2 Å². The molecule has 0 bridgehead atoms. The molecule has 1 heterocycles. The standard InChI is InChI=1S/C23H19Br2N3/c1-28(2)18-13-9-16(10-14-18)23-26-21(15-7-11-17(24)12-8-15)22(27-23)19-5-3-4-6-20(19)25/h3-14H,1-2H3,(H,26,27). The molecule has 28 heavy (non-hydrogen) atoms. The highest BCUT2D eigenvalue weighted by molar-refractivity contribution is 9.10. The number of hydrogen-bond acceptors (Lipinski definition) is 2. The van der Waals surface area contributed by atoms with Crippen molar-refractivity contribution in [2.45, 2.75) is 0 Å². The highest BCUT2D eigenvalue weighted by Gasteiger charge is 2.17. The second-order valence-electron chi connectivity index (χ2n) is 6.74. The van der Waals surface area contributed by atoms with Gasteiger partial charge in [-0.25, -0.2) is 4.98 Å². The smallest absolute Gasteiger partial charge is 0.138 e. The molecule has 0 aliphatic rings. The van der Waals surface area contributed by atoms with Gasteiger partial charge in [0.05, 0.1) is 11.4 Å². The fourth-order valence-corrected chi connectivity index (χ4v) is 3.85. The normalized spacial score (nSPS) is 10.9. The van der Waals surface area contributed by atoms with Gasteiger partial charge in [0.25, 0.3) is 0 Å². The van der Waals surface area contributed by atoms with Crippen LogP contribution in [0.5, 0.6) is 0 Å². The topological polar surface area (TPSA) is 31.9 Å². The molecule has 0 unspecified atom stereocenters. The van der Waals surface area contributed by atoms with Gasteiger partial charge in [-0.05, 0) is 42.5 Å². The highest BCUT2D eigenvalue weighted by Crippen LogP contribution is 2.37. The molecule has 0 saturated heterocycles. The van der Waals surface area contributed by atoms with Gasteiger partial charge in [0.2, 0.25) is 0 Å². The zero-order valence-electron chi connectivity index (χ0n) is 15.6. The van der Waals surface area contributed by atoms with Crippen LogP contribution >= 0.6 is 31.9 Å². The Morgan fingerprint density at radius 3 is 2.07 bits per heavy atom. The largest absolute Gasteiger partial charge is 0.378 e. The van der Waals surface area contributed by atoms with Crippen LogP contribution < -0.4 is 4.90 Å². The van der Waals surface area contributed by atoms with E-state index in [0.717, 1.165) is 48.5 Å². The quantitative estimate of drug-likeness (QED) is 0.329. The lowest BCUT2D eigenvalue weighted by molar-refractivity contribution is 1.13. The van der Waals surface area contributed by atoms with E-state index in [1.165, 1.54) is 0 Å². The van der Waals surface area contributed by atoms with Gasteiger partial charge in [0, 0.05) is 45.4 Å². The molecule has 0 spiro atoms. The fraction of sp³-hybridized carbons (Fsp3) is 0.0870. The van der Waals surface area contributed by atoms with Crippen LogP contribution in [0.15, 0.2) is 81.7 Å². The molecule has 0 aliphatic heterocycles. The first kappa shape index (κ1) is 19.0. The maximum absolute atomic E-state index is 4.97. The molecule has 0 atom stereocenters. The number of H-pyrrole nitrogens is 1. The molecule has 4 aromatic rings. The zero-order chi connectivity index (χ0) is 19.7. The summed E-state index contributed by atoms with van der Waals surface area (Å²) < 4.78 is 2.08. The second kappa shape index (κ2) is 7.94. The van der Waals surface area contributed by atoms with Crippen LogP contribution in [-0.2, 0) is 0 Å². The SMILES string of the molecule is CN(C)c1ccc(-c2nc(-c3ccc(Br)cc3)c(-c3ccccc3Br)[nH]2)cc1. The monoisotopic (exact) mass is 495 g/mol. The number of rotatable bonds is 4. The summed E-state index contributed by atoms with van der Waals surface area (Å²) >= 11 is 7.20. The molecule has 0 aliphatic carbocycles. The predicted octanol–water partition coefficient (Wildman–Crippen LogP) is 7.00. The van der Waals surface area contributed by atoms with Gasteiger partial charge < -0.3 is 9.88 Å². The number of hydrogen-bond donors (Lipinski definition) is 1. The summed E-state index contributed by atoms with van der Waals surface area (Å²) in [5.41, 5.74) is 6.31. The summed E-state index contributed by atoms with van der Waals surface area (Å²) in [7, 11) is 4.08. The number of benzene rings is 3. The Kier molecular flexibility index (Phi) is 5.38. The molecule has 5 heteroatoms. The number of nitrogens with zero attached hydrogens (tertiary/aromatic N) is 2. The van der Waals surface area contributed by atoms with Gasteiger partial charge in [0.1, 0.15) is 5.82 Å². The number of imidazole rings is 1. The van der Waals surface area contributed by atoms with Crippen LogP contribution in [0.2, 0.25) is 0 Å². The molecule has 140 valence electrons. The molecule has 0 fully saturated rings.